The molecule has 4 rings (SSSR count). The normalized spacial score (nSPS) is 17.5. The fourth-order valence-corrected chi connectivity index (χ4v) is 3.76. The summed E-state index contributed by atoms with van der Waals surface area (Å²) in [6, 6.07) is 8.20. The summed E-state index contributed by atoms with van der Waals surface area (Å²) >= 11 is 0. The van der Waals surface area contributed by atoms with Crippen molar-refractivity contribution in [1.29, 1.82) is 0 Å². The molecule has 0 N–H and O–H groups in total. The van der Waals surface area contributed by atoms with Crippen LogP contribution in [-0.4, -0.2) is 42.7 Å². The Morgan fingerprint density at radius 3 is 2.92 bits per heavy atom. The summed E-state index contributed by atoms with van der Waals surface area (Å²) in [6.45, 7) is 5.94. The summed E-state index contributed by atoms with van der Waals surface area (Å²) < 4.78 is 3.97. The Morgan fingerprint density at radius 2 is 2.12 bits per heavy atom. The smallest absolute Gasteiger partial charge is 0.242 e. The van der Waals surface area contributed by atoms with Crippen molar-refractivity contribution in [3.63, 3.8) is 0 Å². The van der Waals surface area contributed by atoms with Gasteiger partial charge in [0, 0.05) is 12.7 Å². The van der Waals surface area contributed by atoms with Gasteiger partial charge in [0.2, 0.25) is 5.91 Å². The third-order valence-corrected chi connectivity index (χ3v) is 5.00. The maximum absolute atomic E-state index is 13.0. The molecule has 1 unspecified atom stereocenters. The molecule has 1 amide bonds. The van der Waals surface area contributed by atoms with E-state index in [0.717, 1.165) is 48.4 Å². The van der Waals surface area contributed by atoms with Crippen LogP contribution >= 0.6 is 0 Å². The van der Waals surface area contributed by atoms with Crippen LogP contribution in [-0.2, 0) is 17.9 Å². The van der Waals surface area contributed by atoms with Gasteiger partial charge in [-0.05, 0) is 44.4 Å². The van der Waals surface area contributed by atoms with E-state index in [2.05, 4.69) is 10.1 Å². The van der Waals surface area contributed by atoms with E-state index in [1.54, 1.807) is 0 Å². The minimum Gasteiger partial charge on any atom is -0.336 e. The molecule has 2 aromatic heterocycles. The van der Waals surface area contributed by atoms with E-state index in [1.165, 1.54) is 0 Å². The molecule has 1 aliphatic heterocycles. The van der Waals surface area contributed by atoms with Gasteiger partial charge in [0.15, 0.2) is 0 Å². The van der Waals surface area contributed by atoms with Gasteiger partial charge < -0.3 is 9.47 Å². The van der Waals surface area contributed by atoms with Gasteiger partial charge in [-0.1, -0.05) is 12.1 Å². The second-order valence-electron chi connectivity index (χ2n) is 6.86. The lowest BCUT2D eigenvalue weighted by Gasteiger charge is -2.25. The molecule has 3 heterocycles. The van der Waals surface area contributed by atoms with Crippen LogP contribution in [0.2, 0.25) is 0 Å². The fourth-order valence-electron chi connectivity index (χ4n) is 3.76. The van der Waals surface area contributed by atoms with Crippen molar-refractivity contribution < 1.29 is 4.79 Å². The highest BCUT2D eigenvalue weighted by molar-refractivity contribution is 5.81. The van der Waals surface area contributed by atoms with E-state index in [4.69, 9.17) is 0 Å². The van der Waals surface area contributed by atoms with Crippen molar-refractivity contribution in [2.75, 3.05) is 6.54 Å². The largest absolute Gasteiger partial charge is 0.336 e. The molecule has 0 bridgehead atoms. The monoisotopic (exact) mass is 337 g/mol. The van der Waals surface area contributed by atoms with Crippen molar-refractivity contribution in [3.05, 3.63) is 48.0 Å². The molecule has 0 radical (unpaired) electrons. The Labute approximate surface area is 147 Å². The number of fused-ring (bicyclic) bond motifs is 1. The predicted octanol–water partition coefficient (Wildman–Crippen LogP) is 2.54. The zero-order valence-corrected chi connectivity index (χ0v) is 14.7. The number of rotatable bonds is 4. The first-order chi connectivity index (χ1) is 12.1. The second kappa shape index (κ2) is 6.35. The minimum atomic E-state index is 0.164. The first-order valence-corrected chi connectivity index (χ1v) is 8.82. The van der Waals surface area contributed by atoms with E-state index in [0.29, 0.717) is 6.54 Å². The van der Waals surface area contributed by atoms with Crippen LogP contribution in [0.4, 0.5) is 0 Å². The average molecular weight is 337 g/mol. The molecule has 1 fully saturated rings. The van der Waals surface area contributed by atoms with Gasteiger partial charge in [0.1, 0.15) is 12.4 Å². The molecule has 0 spiro atoms. The Balaban J connectivity index is 1.52. The Bertz CT molecular complexity index is 910. The van der Waals surface area contributed by atoms with Crippen molar-refractivity contribution >= 4 is 16.9 Å². The molecular weight excluding hydrogens is 314 g/mol. The molecule has 0 saturated carbocycles. The molecule has 6 heteroatoms. The van der Waals surface area contributed by atoms with Gasteiger partial charge in [0.25, 0.3) is 0 Å². The Morgan fingerprint density at radius 1 is 1.28 bits per heavy atom. The van der Waals surface area contributed by atoms with Crippen LogP contribution < -0.4 is 0 Å². The molecule has 3 aromatic rings. The lowest BCUT2D eigenvalue weighted by atomic mass is 10.2. The number of aromatic nitrogens is 4. The molecule has 25 heavy (non-hydrogen) atoms. The number of carbonyl (C=O) groups excluding carboxylic acids is 1. The average Bonchev–Trinajstić information content (AvgIpc) is 3.29. The molecule has 130 valence electrons. The first-order valence-electron chi connectivity index (χ1n) is 8.82. The van der Waals surface area contributed by atoms with Crippen LogP contribution in [0.3, 0.4) is 0 Å². The molecule has 1 saturated heterocycles. The summed E-state index contributed by atoms with van der Waals surface area (Å²) in [4.78, 5) is 19.5. The summed E-state index contributed by atoms with van der Waals surface area (Å²) in [5.41, 5.74) is 3.11. The van der Waals surface area contributed by atoms with Gasteiger partial charge in [0.05, 0.1) is 29.8 Å². The zero-order chi connectivity index (χ0) is 17.4. The fraction of sp³-hybridized carbons (Fsp3) is 0.421. The lowest BCUT2D eigenvalue weighted by molar-refractivity contribution is -0.132. The van der Waals surface area contributed by atoms with Gasteiger partial charge in [-0.2, -0.15) is 5.10 Å². The third-order valence-electron chi connectivity index (χ3n) is 5.00. The van der Waals surface area contributed by atoms with E-state index in [9.17, 15) is 4.79 Å². The number of carbonyl (C=O) groups is 1. The lowest BCUT2D eigenvalue weighted by Crippen LogP contribution is -2.40. The minimum absolute atomic E-state index is 0.164. The number of benzene rings is 1. The van der Waals surface area contributed by atoms with Gasteiger partial charge >= 0.3 is 0 Å². The van der Waals surface area contributed by atoms with E-state index in [-0.39, 0.29) is 11.9 Å². The molecular formula is C19H23N5O. The summed E-state index contributed by atoms with van der Waals surface area (Å²) in [5, 5.41) is 4.37. The van der Waals surface area contributed by atoms with E-state index < -0.39 is 0 Å². The zero-order valence-electron chi connectivity index (χ0n) is 14.7. The highest BCUT2D eigenvalue weighted by Crippen LogP contribution is 2.21. The number of aryl methyl sites for hydroxylation is 2. The van der Waals surface area contributed by atoms with Crippen LogP contribution in [0.5, 0.6) is 0 Å². The van der Waals surface area contributed by atoms with Crippen molar-refractivity contribution in [3.8, 4) is 0 Å². The van der Waals surface area contributed by atoms with Crippen LogP contribution in [0.15, 0.2) is 36.7 Å². The Hall–Kier alpha value is -2.63. The van der Waals surface area contributed by atoms with Gasteiger partial charge in [-0.3, -0.25) is 9.48 Å². The highest BCUT2D eigenvalue weighted by Gasteiger charge is 2.29. The standard InChI is InChI=1S/C19H23N5O/c1-14-10-20-22(11-14)12-16-6-5-9-23(16)19(25)13-24-15(2)21-17-7-3-4-8-18(17)24/h3-4,7-8,10-11,16H,5-6,9,12-13H2,1-2H3. The number of hydrogen-bond acceptors (Lipinski definition) is 3. The molecule has 6 nitrogen and oxygen atoms in total. The summed E-state index contributed by atoms with van der Waals surface area (Å²) in [6.07, 6.45) is 5.99. The summed E-state index contributed by atoms with van der Waals surface area (Å²) in [5.74, 6) is 1.05. The van der Waals surface area contributed by atoms with E-state index in [1.807, 2.05) is 64.7 Å². The number of para-hydroxylation sites is 2. The van der Waals surface area contributed by atoms with Crippen molar-refractivity contribution in [1.82, 2.24) is 24.2 Å². The van der Waals surface area contributed by atoms with Crippen LogP contribution in [0, 0.1) is 13.8 Å². The van der Waals surface area contributed by atoms with Crippen LogP contribution in [0.1, 0.15) is 24.2 Å². The number of amides is 1. The number of likely N-dealkylation sites (tertiary alicyclic amines) is 1. The third kappa shape index (κ3) is 3.04. The van der Waals surface area contributed by atoms with Crippen molar-refractivity contribution in [2.24, 2.45) is 0 Å². The number of hydrogen-bond donors (Lipinski definition) is 0. The Kier molecular flexibility index (Phi) is 4.03. The second-order valence-corrected chi connectivity index (χ2v) is 6.86. The van der Waals surface area contributed by atoms with E-state index >= 15 is 0 Å². The number of imidazole rings is 1. The number of nitrogens with zero attached hydrogens (tertiary/aromatic N) is 5. The van der Waals surface area contributed by atoms with Crippen molar-refractivity contribution in [2.45, 2.75) is 45.8 Å². The molecule has 1 atom stereocenters. The SMILES string of the molecule is Cc1cnn(CC2CCCN2C(=O)Cn2c(C)nc3ccccc32)c1. The predicted molar refractivity (Wildman–Crippen MR) is 96.2 cm³/mol. The van der Waals surface area contributed by atoms with Crippen LogP contribution in [0.25, 0.3) is 11.0 Å². The maximum atomic E-state index is 13.0. The first kappa shape index (κ1) is 15.9. The van der Waals surface area contributed by atoms with Gasteiger partial charge in [-0.25, -0.2) is 4.98 Å². The van der Waals surface area contributed by atoms with Gasteiger partial charge in [-0.15, -0.1) is 0 Å². The molecule has 1 aliphatic rings. The maximum Gasteiger partial charge on any atom is 0.242 e. The molecule has 1 aromatic carbocycles. The quantitative estimate of drug-likeness (QED) is 0.735. The highest BCUT2D eigenvalue weighted by atomic mass is 16.2. The topological polar surface area (TPSA) is 56.0 Å². The summed E-state index contributed by atoms with van der Waals surface area (Å²) in [7, 11) is 0. The molecule has 0 aliphatic carbocycles.